The summed E-state index contributed by atoms with van der Waals surface area (Å²) in [6.45, 7) is 0. The van der Waals surface area contributed by atoms with Crippen LogP contribution >= 0.6 is 0 Å². The zero-order chi connectivity index (χ0) is 26.6. The number of carboxylic acid groups (broad SMARTS) is 4. The molecule has 7 rings (SSSR count). The van der Waals surface area contributed by atoms with Gasteiger partial charge in [0, 0.05) is 0 Å². The summed E-state index contributed by atoms with van der Waals surface area (Å²) in [6, 6.07) is 16.1. The lowest BCUT2D eigenvalue weighted by Crippen LogP contribution is -2.06. The number of aromatic carboxylic acids is 4. The van der Waals surface area contributed by atoms with E-state index in [0.717, 1.165) is 21.5 Å². The number of hydrogen-bond acceptors (Lipinski definition) is 4. The summed E-state index contributed by atoms with van der Waals surface area (Å²) < 4.78 is 0. The Labute approximate surface area is 211 Å². The number of benzene rings is 7. The predicted molar refractivity (Wildman–Crippen MR) is 142 cm³/mol. The molecule has 7 aromatic carbocycles. The van der Waals surface area contributed by atoms with Gasteiger partial charge >= 0.3 is 23.9 Å². The van der Waals surface area contributed by atoms with E-state index in [1.54, 1.807) is 48.5 Å². The first-order valence-corrected chi connectivity index (χ1v) is 11.5. The van der Waals surface area contributed by atoms with Crippen molar-refractivity contribution in [3.8, 4) is 0 Å². The van der Waals surface area contributed by atoms with Crippen molar-refractivity contribution in [1.82, 2.24) is 0 Å². The molecule has 182 valence electrons. The molecule has 0 bridgehead atoms. The Morgan fingerprint density at radius 2 is 0.526 bits per heavy atom. The molecule has 0 fully saturated rings. The summed E-state index contributed by atoms with van der Waals surface area (Å²) in [5.41, 5.74) is -0.476. The quantitative estimate of drug-likeness (QED) is 0.162. The Hall–Kier alpha value is -5.50. The van der Waals surface area contributed by atoms with Crippen molar-refractivity contribution < 1.29 is 39.6 Å². The highest BCUT2D eigenvalue weighted by atomic mass is 16.4. The van der Waals surface area contributed by atoms with Gasteiger partial charge in [-0.25, -0.2) is 19.2 Å². The zero-order valence-corrected chi connectivity index (χ0v) is 19.2. The van der Waals surface area contributed by atoms with E-state index in [9.17, 15) is 39.6 Å². The molecule has 0 spiro atoms. The molecule has 0 aromatic heterocycles. The number of carbonyl (C=O) groups is 4. The van der Waals surface area contributed by atoms with Crippen LogP contribution in [0.2, 0.25) is 0 Å². The number of fused-ring (bicyclic) bond motifs is 2. The lowest BCUT2D eigenvalue weighted by atomic mass is 9.82. The molecule has 0 aliphatic rings. The summed E-state index contributed by atoms with van der Waals surface area (Å²) in [6.07, 6.45) is 0. The molecule has 4 N–H and O–H groups in total. The van der Waals surface area contributed by atoms with Gasteiger partial charge in [0.05, 0.1) is 22.3 Å². The first kappa shape index (κ1) is 21.8. The van der Waals surface area contributed by atoms with Crippen LogP contribution in [0.25, 0.3) is 64.6 Å². The highest BCUT2D eigenvalue weighted by molar-refractivity contribution is 6.42. The minimum Gasteiger partial charge on any atom is -0.478 e. The van der Waals surface area contributed by atoms with E-state index in [-0.39, 0.29) is 22.3 Å². The maximum Gasteiger partial charge on any atom is 0.336 e. The van der Waals surface area contributed by atoms with Crippen LogP contribution in [-0.2, 0) is 0 Å². The van der Waals surface area contributed by atoms with E-state index in [0.29, 0.717) is 43.1 Å². The predicted octanol–water partition coefficient (Wildman–Crippen LogP) is 6.27. The lowest BCUT2D eigenvalue weighted by molar-refractivity contribution is 0.0679. The Kier molecular flexibility index (Phi) is 4.03. The maximum atomic E-state index is 12.1. The van der Waals surface area contributed by atoms with E-state index in [1.807, 2.05) is 0 Å². The van der Waals surface area contributed by atoms with Gasteiger partial charge in [0.2, 0.25) is 0 Å². The van der Waals surface area contributed by atoms with Crippen molar-refractivity contribution in [2.24, 2.45) is 0 Å². The topological polar surface area (TPSA) is 149 Å². The number of hydrogen-bond donors (Lipinski definition) is 4. The fourth-order valence-electron chi connectivity index (χ4n) is 6.09. The molecule has 8 heteroatoms. The highest BCUT2D eigenvalue weighted by Gasteiger charge is 2.25. The standard InChI is InChI=1S/C30H14O8/c31-27(32)19-9-20(28(33)34)16-7-3-13-14-4-8-18-22(30(37)38)10-21(29(35)36)17-6-2-12(24(14)26(17)18)11-1-5-15(19)25(16)23(11)13/h1-10H,(H,31,32)(H,33,34)(H,35,36)(H,37,38). The molecule has 0 aliphatic heterocycles. The Bertz CT molecular complexity index is 1940. The largest absolute Gasteiger partial charge is 0.478 e. The van der Waals surface area contributed by atoms with Gasteiger partial charge in [-0.1, -0.05) is 48.5 Å². The van der Waals surface area contributed by atoms with Crippen molar-refractivity contribution in [3.63, 3.8) is 0 Å². The molecule has 0 heterocycles. The summed E-state index contributed by atoms with van der Waals surface area (Å²) in [7, 11) is 0. The van der Waals surface area contributed by atoms with Gasteiger partial charge in [-0.3, -0.25) is 0 Å². The third-order valence-electron chi connectivity index (χ3n) is 7.56. The lowest BCUT2D eigenvalue weighted by Gasteiger charge is -2.20. The molecule has 7 aromatic rings. The van der Waals surface area contributed by atoms with E-state index < -0.39 is 23.9 Å². The minimum absolute atomic E-state index is 0.119. The molecule has 0 unspecified atom stereocenters. The molecule has 0 saturated carbocycles. The number of carboxylic acids is 4. The van der Waals surface area contributed by atoms with Crippen molar-refractivity contribution >= 4 is 88.5 Å². The molecule has 8 nitrogen and oxygen atoms in total. The van der Waals surface area contributed by atoms with Gasteiger partial charge in [0.1, 0.15) is 0 Å². The third-order valence-corrected chi connectivity index (χ3v) is 7.56. The zero-order valence-electron chi connectivity index (χ0n) is 19.2. The van der Waals surface area contributed by atoms with Crippen molar-refractivity contribution in [2.75, 3.05) is 0 Å². The van der Waals surface area contributed by atoms with Crippen LogP contribution in [0.15, 0.2) is 60.7 Å². The molecule has 0 aliphatic carbocycles. The van der Waals surface area contributed by atoms with Crippen LogP contribution in [0.4, 0.5) is 0 Å². The first-order chi connectivity index (χ1) is 18.2. The molecule has 0 atom stereocenters. The van der Waals surface area contributed by atoms with Crippen molar-refractivity contribution in [3.05, 3.63) is 82.9 Å². The van der Waals surface area contributed by atoms with E-state index >= 15 is 0 Å². The van der Waals surface area contributed by atoms with Crippen LogP contribution in [0, 0.1) is 0 Å². The Morgan fingerprint density at radius 1 is 0.342 bits per heavy atom. The fourth-order valence-corrected chi connectivity index (χ4v) is 6.09. The van der Waals surface area contributed by atoms with Gasteiger partial charge in [-0.2, -0.15) is 0 Å². The van der Waals surface area contributed by atoms with Crippen molar-refractivity contribution in [1.29, 1.82) is 0 Å². The second-order valence-corrected chi connectivity index (χ2v) is 9.31. The highest BCUT2D eigenvalue weighted by Crippen LogP contribution is 2.47. The smallest absolute Gasteiger partial charge is 0.336 e. The second kappa shape index (κ2) is 7.04. The third kappa shape index (κ3) is 2.53. The van der Waals surface area contributed by atoms with Crippen LogP contribution in [-0.4, -0.2) is 44.3 Å². The van der Waals surface area contributed by atoms with Gasteiger partial charge in [0.15, 0.2) is 0 Å². The van der Waals surface area contributed by atoms with E-state index in [2.05, 4.69) is 0 Å². The molecule has 0 radical (unpaired) electrons. The minimum atomic E-state index is -1.24. The maximum absolute atomic E-state index is 12.1. The van der Waals surface area contributed by atoms with Crippen LogP contribution in [0.5, 0.6) is 0 Å². The van der Waals surface area contributed by atoms with Crippen LogP contribution < -0.4 is 0 Å². The van der Waals surface area contributed by atoms with Gasteiger partial charge in [-0.15, -0.1) is 0 Å². The molecule has 0 saturated heterocycles. The average Bonchev–Trinajstić information content (AvgIpc) is 2.89. The van der Waals surface area contributed by atoms with Crippen LogP contribution in [0.1, 0.15) is 41.4 Å². The van der Waals surface area contributed by atoms with E-state index in [4.69, 9.17) is 0 Å². The summed E-state index contributed by atoms with van der Waals surface area (Å²) in [5.74, 6) is -4.96. The first-order valence-electron chi connectivity index (χ1n) is 11.5. The summed E-state index contributed by atoms with van der Waals surface area (Å²) >= 11 is 0. The summed E-state index contributed by atoms with van der Waals surface area (Å²) in [4.78, 5) is 48.3. The van der Waals surface area contributed by atoms with E-state index in [1.165, 1.54) is 12.1 Å². The normalized spacial score (nSPS) is 12.0. The van der Waals surface area contributed by atoms with Gasteiger partial charge < -0.3 is 20.4 Å². The van der Waals surface area contributed by atoms with Gasteiger partial charge in [-0.05, 0) is 76.8 Å². The summed E-state index contributed by atoms with van der Waals surface area (Å²) in [5, 5.41) is 46.4. The molecule has 0 amide bonds. The van der Waals surface area contributed by atoms with Gasteiger partial charge in [0.25, 0.3) is 0 Å². The Balaban J connectivity index is 1.80. The molecular weight excluding hydrogens is 488 g/mol. The SMILES string of the molecule is O=C(O)c1cc(C(=O)O)c2ccc3c4ccc5c(C(=O)O)cc(C(=O)O)c6ccc(c7ccc1c2c73)c4c65. The molecule has 38 heavy (non-hydrogen) atoms. The van der Waals surface area contributed by atoms with Crippen molar-refractivity contribution in [2.45, 2.75) is 0 Å². The monoisotopic (exact) mass is 502 g/mol. The number of rotatable bonds is 4. The fraction of sp³-hybridized carbons (Fsp3) is 0. The van der Waals surface area contributed by atoms with Crippen LogP contribution in [0.3, 0.4) is 0 Å². The Morgan fingerprint density at radius 3 is 0.737 bits per heavy atom. The second-order valence-electron chi connectivity index (χ2n) is 9.31. The molecular formula is C30H14O8. The average molecular weight is 502 g/mol.